The Morgan fingerprint density at radius 3 is 2.29 bits per heavy atom. The van der Waals surface area contributed by atoms with Crippen LogP contribution in [-0.2, 0) is 19.6 Å². The van der Waals surface area contributed by atoms with Gasteiger partial charge >= 0.3 is 5.97 Å². The summed E-state index contributed by atoms with van der Waals surface area (Å²) in [5.74, 6) is -1.40. The summed E-state index contributed by atoms with van der Waals surface area (Å²) in [4.78, 5) is 32.4. The van der Waals surface area contributed by atoms with Crippen molar-refractivity contribution in [3.05, 3.63) is 89.6 Å². The highest BCUT2D eigenvalue weighted by Crippen LogP contribution is 2.24. The molecule has 2 N–H and O–H groups in total. The Morgan fingerprint density at radius 1 is 0.882 bits per heavy atom. The van der Waals surface area contributed by atoms with Gasteiger partial charge in [0.05, 0.1) is 21.5 Å². The zero-order valence-electron chi connectivity index (χ0n) is 17.4. The fourth-order valence-corrected chi connectivity index (χ4v) is 4.25. The molecule has 4 rings (SSSR count). The Hall–Kier alpha value is -4.02. The van der Waals surface area contributed by atoms with Crippen LogP contribution < -0.4 is 10.0 Å². The van der Waals surface area contributed by atoms with Crippen LogP contribution in [0.15, 0.2) is 83.8 Å². The third kappa shape index (κ3) is 5.48. The first-order valence-electron chi connectivity index (χ1n) is 9.89. The molecule has 0 aliphatic heterocycles. The van der Waals surface area contributed by atoms with Crippen LogP contribution in [0, 0.1) is 0 Å². The van der Waals surface area contributed by atoms with Gasteiger partial charge in [-0.1, -0.05) is 48.0 Å². The third-order valence-corrected chi connectivity index (χ3v) is 6.13. The molecule has 4 aromatic rings. The molecule has 11 heteroatoms. The van der Waals surface area contributed by atoms with Crippen molar-refractivity contribution in [1.82, 2.24) is 9.97 Å². The van der Waals surface area contributed by atoms with E-state index in [4.69, 9.17) is 16.3 Å². The molecule has 0 saturated carbocycles. The second-order valence-corrected chi connectivity index (χ2v) is 9.02. The molecule has 0 radical (unpaired) electrons. The van der Waals surface area contributed by atoms with Crippen LogP contribution in [-0.4, -0.2) is 36.9 Å². The van der Waals surface area contributed by atoms with Crippen molar-refractivity contribution in [1.29, 1.82) is 0 Å². The molecule has 1 heterocycles. The SMILES string of the molecule is O=C(COC(=O)c1ccccc1)Nc1cccc(S(=O)(=O)Nc2nc3ccccc3nc2Cl)c1. The second-order valence-electron chi connectivity index (χ2n) is 6.98. The lowest BCUT2D eigenvalue weighted by Gasteiger charge is -2.11. The zero-order chi connectivity index (χ0) is 24.1. The van der Waals surface area contributed by atoms with Gasteiger partial charge in [-0.15, -0.1) is 0 Å². The first kappa shape index (κ1) is 23.1. The summed E-state index contributed by atoms with van der Waals surface area (Å²) < 4.78 is 33.1. The zero-order valence-corrected chi connectivity index (χ0v) is 19.0. The first-order chi connectivity index (χ1) is 16.3. The summed E-state index contributed by atoms with van der Waals surface area (Å²) in [7, 11) is -4.10. The molecule has 9 nitrogen and oxygen atoms in total. The number of nitrogens with zero attached hydrogens (tertiary/aromatic N) is 2. The third-order valence-electron chi connectivity index (χ3n) is 4.53. The maximum atomic E-state index is 12.9. The standard InChI is InChI=1S/C23H17ClN4O5S/c24-21-22(27-19-12-5-4-11-18(19)26-21)28-34(31,32)17-10-6-9-16(13-17)25-20(29)14-33-23(30)15-7-2-1-3-8-15/h1-13H,14H2,(H,25,29)(H,27,28). The van der Waals surface area contributed by atoms with Crippen LogP contribution in [0.1, 0.15) is 10.4 Å². The molecule has 0 bridgehead atoms. The number of amides is 1. The molecule has 1 amide bonds. The Labute approximate surface area is 199 Å². The molecule has 34 heavy (non-hydrogen) atoms. The van der Waals surface area contributed by atoms with Gasteiger partial charge in [0.1, 0.15) is 0 Å². The summed E-state index contributed by atoms with van der Waals surface area (Å²) >= 11 is 6.10. The number of nitrogens with one attached hydrogen (secondary N) is 2. The van der Waals surface area contributed by atoms with Gasteiger partial charge in [0.25, 0.3) is 15.9 Å². The number of aromatic nitrogens is 2. The minimum absolute atomic E-state index is 0.105. The largest absolute Gasteiger partial charge is 0.452 e. The van der Waals surface area contributed by atoms with Crippen molar-refractivity contribution in [3.8, 4) is 0 Å². The molecule has 0 atom stereocenters. The monoisotopic (exact) mass is 496 g/mol. The molecule has 0 spiro atoms. The number of sulfonamides is 1. The highest BCUT2D eigenvalue weighted by molar-refractivity contribution is 7.92. The predicted molar refractivity (Wildman–Crippen MR) is 127 cm³/mol. The van der Waals surface area contributed by atoms with E-state index in [1.54, 1.807) is 54.6 Å². The Morgan fingerprint density at radius 2 is 1.56 bits per heavy atom. The predicted octanol–water partition coefficient (Wildman–Crippen LogP) is 3.88. The van der Waals surface area contributed by atoms with Gasteiger partial charge in [-0.25, -0.2) is 23.2 Å². The minimum atomic E-state index is -4.10. The minimum Gasteiger partial charge on any atom is -0.452 e. The van der Waals surface area contributed by atoms with E-state index in [9.17, 15) is 18.0 Å². The number of benzene rings is 3. The fraction of sp³-hybridized carbons (Fsp3) is 0.0435. The molecule has 0 fully saturated rings. The molecule has 3 aromatic carbocycles. The van der Waals surface area contributed by atoms with E-state index in [0.717, 1.165) is 0 Å². The number of hydrogen-bond acceptors (Lipinski definition) is 7. The lowest BCUT2D eigenvalue weighted by molar-refractivity contribution is -0.119. The maximum Gasteiger partial charge on any atom is 0.338 e. The van der Waals surface area contributed by atoms with Crippen LogP contribution in [0.25, 0.3) is 11.0 Å². The Kier molecular flexibility index (Phi) is 6.71. The summed E-state index contributed by atoms with van der Waals surface area (Å²) in [5, 5.41) is 2.39. The Bertz CT molecular complexity index is 1480. The topological polar surface area (TPSA) is 127 Å². The van der Waals surface area contributed by atoms with Gasteiger partial charge in [0.15, 0.2) is 17.6 Å². The number of rotatable bonds is 7. The number of hydrogen-bond donors (Lipinski definition) is 2. The molecular weight excluding hydrogens is 480 g/mol. The number of carbonyl (C=O) groups excluding carboxylic acids is 2. The normalized spacial score (nSPS) is 11.1. The number of carbonyl (C=O) groups is 2. The average Bonchev–Trinajstić information content (AvgIpc) is 2.83. The summed E-state index contributed by atoms with van der Waals surface area (Å²) in [6.45, 7) is -0.536. The summed E-state index contributed by atoms with van der Waals surface area (Å²) in [6, 6.07) is 20.7. The van der Waals surface area contributed by atoms with E-state index in [0.29, 0.717) is 16.6 Å². The van der Waals surface area contributed by atoms with Crippen molar-refractivity contribution in [2.45, 2.75) is 4.90 Å². The number of esters is 1. The van der Waals surface area contributed by atoms with E-state index < -0.39 is 28.5 Å². The van der Waals surface area contributed by atoms with E-state index in [1.165, 1.54) is 24.3 Å². The van der Waals surface area contributed by atoms with Crippen LogP contribution in [0.5, 0.6) is 0 Å². The smallest absolute Gasteiger partial charge is 0.338 e. The number of fused-ring (bicyclic) bond motifs is 1. The van der Waals surface area contributed by atoms with Gasteiger partial charge < -0.3 is 10.1 Å². The average molecular weight is 497 g/mol. The molecule has 0 unspecified atom stereocenters. The number of anilines is 2. The van der Waals surface area contributed by atoms with Gasteiger partial charge in [-0.3, -0.25) is 9.52 Å². The van der Waals surface area contributed by atoms with Gasteiger partial charge in [-0.05, 0) is 42.5 Å². The van der Waals surface area contributed by atoms with Crippen LogP contribution in [0.2, 0.25) is 5.15 Å². The first-order valence-corrected chi connectivity index (χ1v) is 11.8. The lowest BCUT2D eigenvalue weighted by atomic mass is 10.2. The molecule has 0 aliphatic rings. The number of para-hydroxylation sites is 2. The number of ether oxygens (including phenoxy) is 1. The van der Waals surface area contributed by atoms with Crippen LogP contribution in [0.3, 0.4) is 0 Å². The van der Waals surface area contributed by atoms with Crippen LogP contribution >= 0.6 is 11.6 Å². The van der Waals surface area contributed by atoms with Crippen molar-refractivity contribution in [2.75, 3.05) is 16.6 Å². The van der Waals surface area contributed by atoms with Crippen molar-refractivity contribution in [3.63, 3.8) is 0 Å². The quantitative estimate of drug-likeness (QED) is 0.371. The van der Waals surface area contributed by atoms with E-state index >= 15 is 0 Å². The molecule has 1 aromatic heterocycles. The van der Waals surface area contributed by atoms with Gasteiger partial charge in [0.2, 0.25) is 0 Å². The molecule has 172 valence electrons. The van der Waals surface area contributed by atoms with E-state index in [2.05, 4.69) is 20.0 Å². The van der Waals surface area contributed by atoms with Crippen molar-refractivity contribution >= 4 is 56.0 Å². The summed E-state index contributed by atoms with van der Waals surface area (Å²) in [6.07, 6.45) is 0. The summed E-state index contributed by atoms with van der Waals surface area (Å²) in [5.41, 5.74) is 1.49. The lowest BCUT2D eigenvalue weighted by Crippen LogP contribution is -2.21. The fourth-order valence-electron chi connectivity index (χ4n) is 2.96. The van der Waals surface area contributed by atoms with E-state index in [-0.39, 0.29) is 21.6 Å². The Balaban J connectivity index is 1.44. The van der Waals surface area contributed by atoms with Crippen molar-refractivity contribution in [2.24, 2.45) is 0 Å². The molecule has 0 saturated heterocycles. The highest BCUT2D eigenvalue weighted by Gasteiger charge is 2.19. The van der Waals surface area contributed by atoms with Crippen LogP contribution in [0.4, 0.5) is 11.5 Å². The van der Waals surface area contributed by atoms with Gasteiger partial charge in [0, 0.05) is 5.69 Å². The maximum absolute atomic E-state index is 12.9. The molecule has 0 aliphatic carbocycles. The highest BCUT2D eigenvalue weighted by atomic mass is 35.5. The second kappa shape index (κ2) is 9.86. The van der Waals surface area contributed by atoms with Gasteiger partial charge in [-0.2, -0.15) is 0 Å². The van der Waals surface area contributed by atoms with E-state index in [1.807, 2.05) is 0 Å². The molecular formula is C23H17ClN4O5S. The van der Waals surface area contributed by atoms with Crippen molar-refractivity contribution < 1.29 is 22.7 Å². The number of halogens is 1.